The Morgan fingerprint density at radius 1 is 1.25 bits per heavy atom. The van der Waals surface area contributed by atoms with Crippen molar-refractivity contribution in [3.63, 3.8) is 0 Å². The van der Waals surface area contributed by atoms with E-state index in [1.807, 2.05) is 6.92 Å². The number of nitrogens with zero attached hydrogens (tertiary/aromatic N) is 2. The molecule has 1 fully saturated rings. The van der Waals surface area contributed by atoms with Gasteiger partial charge in [-0.2, -0.15) is 4.31 Å². The van der Waals surface area contributed by atoms with Gasteiger partial charge in [-0.15, -0.1) is 0 Å². The molecule has 0 bridgehead atoms. The summed E-state index contributed by atoms with van der Waals surface area (Å²) in [6, 6.07) is 8.75. The Morgan fingerprint density at radius 2 is 2.05 bits per heavy atom. The maximum absolute atomic E-state index is 12.3. The van der Waals surface area contributed by atoms with E-state index in [2.05, 4.69) is 29.2 Å². The lowest BCUT2D eigenvalue weighted by atomic mass is 10.1. The highest BCUT2D eigenvalue weighted by molar-refractivity contribution is 7.89. The van der Waals surface area contributed by atoms with E-state index in [0.29, 0.717) is 24.9 Å². The molecule has 3 rings (SSSR count). The van der Waals surface area contributed by atoms with Gasteiger partial charge in [0, 0.05) is 31.4 Å². The van der Waals surface area contributed by atoms with E-state index < -0.39 is 10.0 Å². The molecule has 0 spiro atoms. The highest BCUT2D eigenvalue weighted by Crippen LogP contribution is 2.34. The van der Waals surface area contributed by atoms with Crippen LogP contribution in [0.4, 0.5) is 5.69 Å². The lowest BCUT2D eigenvalue weighted by Crippen LogP contribution is -2.53. The zero-order valence-corrected chi connectivity index (χ0v) is 12.8. The lowest BCUT2D eigenvalue weighted by molar-refractivity contribution is 0.339. The molecule has 1 aromatic carbocycles. The van der Waals surface area contributed by atoms with Gasteiger partial charge in [-0.05, 0) is 24.5 Å². The fourth-order valence-corrected chi connectivity index (χ4v) is 4.92. The standard InChI is InChI=1S/C15H22N2O2S/c1-2-3-10-20(18,19)16-8-9-17-14(12-16)11-13-6-4-5-7-15(13)17/h4-7,14H,2-3,8-12H2,1H3. The third-order valence-corrected chi connectivity index (χ3v) is 6.27. The van der Waals surface area contributed by atoms with E-state index in [1.54, 1.807) is 4.31 Å². The zero-order valence-electron chi connectivity index (χ0n) is 12.0. The van der Waals surface area contributed by atoms with Gasteiger partial charge in [0.05, 0.1) is 5.75 Å². The minimum absolute atomic E-state index is 0.295. The van der Waals surface area contributed by atoms with Crippen LogP contribution in [0.2, 0.25) is 0 Å². The summed E-state index contributed by atoms with van der Waals surface area (Å²) < 4.78 is 26.3. The molecule has 1 unspecified atom stereocenters. The molecule has 110 valence electrons. The second-order valence-electron chi connectivity index (χ2n) is 5.71. The quantitative estimate of drug-likeness (QED) is 0.851. The number of hydrogen-bond acceptors (Lipinski definition) is 3. The minimum atomic E-state index is -3.06. The SMILES string of the molecule is CCCCS(=O)(=O)N1CCN2c3ccccc3CC2C1. The molecule has 0 radical (unpaired) electrons. The van der Waals surface area contributed by atoms with Gasteiger partial charge in [-0.25, -0.2) is 8.42 Å². The van der Waals surface area contributed by atoms with Crippen LogP contribution in [0.5, 0.6) is 0 Å². The Bertz CT molecular complexity index is 585. The average Bonchev–Trinajstić information content (AvgIpc) is 2.83. The van der Waals surface area contributed by atoms with Gasteiger partial charge in [-0.1, -0.05) is 31.5 Å². The summed E-state index contributed by atoms with van der Waals surface area (Å²) in [7, 11) is -3.06. The van der Waals surface area contributed by atoms with Crippen LogP contribution >= 0.6 is 0 Å². The molecule has 2 aliphatic rings. The Balaban J connectivity index is 1.73. The van der Waals surface area contributed by atoms with E-state index in [4.69, 9.17) is 0 Å². The summed E-state index contributed by atoms with van der Waals surface area (Å²) in [5, 5.41) is 0. The topological polar surface area (TPSA) is 40.6 Å². The fraction of sp³-hybridized carbons (Fsp3) is 0.600. The maximum atomic E-state index is 12.3. The minimum Gasteiger partial charge on any atom is -0.365 e. The molecule has 1 aromatic rings. The van der Waals surface area contributed by atoms with Crippen LogP contribution in [0, 0.1) is 0 Å². The van der Waals surface area contributed by atoms with Gasteiger partial charge in [0.15, 0.2) is 0 Å². The van der Waals surface area contributed by atoms with Crippen LogP contribution in [0.15, 0.2) is 24.3 Å². The number of unbranched alkanes of at least 4 members (excludes halogenated alkanes) is 1. The number of rotatable bonds is 4. The molecular formula is C15H22N2O2S. The summed E-state index contributed by atoms with van der Waals surface area (Å²) in [6.45, 7) is 4.10. The zero-order chi connectivity index (χ0) is 14.2. The first-order chi connectivity index (χ1) is 9.62. The molecule has 1 atom stereocenters. The predicted octanol–water partition coefficient (Wildman–Crippen LogP) is 1.86. The monoisotopic (exact) mass is 294 g/mol. The van der Waals surface area contributed by atoms with Crippen molar-refractivity contribution in [1.29, 1.82) is 0 Å². The van der Waals surface area contributed by atoms with E-state index in [-0.39, 0.29) is 0 Å². The van der Waals surface area contributed by atoms with Crippen LogP contribution in [0.1, 0.15) is 25.3 Å². The van der Waals surface area contributed by atoms with Crippen LogP contribution in [-0.4, -0.2) is 44.2 Å². The van der Waals surface area contributed by atoms with Crippen molar-refractivity contribution in [2.24, 2.45) is 0 Å². The molecule has 0 aromatic heterocycles. The number of sulfonamides is 1. The maximum Gasteiger partial charge on any atom is 0.214 e. The molecule has 2 aliphatic heterocycles. The van der Waals surface area contributed by atoms with Gasteiger partial charge in [0.25, 0.3) is 0 Å². The normalized spacial score (nSPS) is 22.6. The van der Waals surface area contributed by atoms with Gasteiger partial charge in [-0.3, -0.25) is 0 Å². The number of hydrogen-bond donors (Lipinski definition) is 0. The van der Waals surface area contributed by atoms with Crippen molar-refractivity contribution in [3.05, 3.63) is 29.8 Å². The van der Waals surface area contributed by atoms with Crippen molar-refractivity contribution >= 4 is 15.7 Å². The lowest BCUT2D eigenvalue weighted by Gasteiger charge is -2.38. The molecule has 20 heavy (non-hydrogen) atoms. The number of anilines is 1. The molecule has 5 heteroatoms. The Labute approximate surface area is 121 Å². The van der Waals surface area contributed by atoms with Crippen LogP contribution in [-0.2, 0) is 16.4 Å². The average molecular weight is 294 g/mol. The highest BCUT2D eigenvalue weighted by Gasteiger charge is 2.37. The van der Waals surface area contributed by atoms with E-state index in [9.17, 15) is 8.42 Å². The van der Waals surface area contributed by atoms with Crippen molar-refractivity contribution < 1.29 is 8.42 Å². The van der Waals surface area contributed by atoms with Crippen LogP contribution in [0.25, 0.3) is 0 Å². The molecule has 0 amide bonds. The molecule has 0 aliphatic carbocycles. The number of fused-ring (bicyclic) bond motifs is 3. The Hall–Kier alpha value is -1.07. The van der Waals surface area contributed by atoms with E-state index in [1.165, 1.54) is 11.3 Å². The van der Waals surface area contributed by atoms with Crippen molar-refractivity contribution in [2.75, 3.05) is 30.3 Å². The largest absolute Gasteiger partial charge is 0.365 e. The molecular weight excluding hydrogens is 272 g/mol. The number of benzene rings is 1. The van der Waals surface area contributed by atoms with Gasteiger partial charge in [0.2, 0.25) is 10.0 Å². The fourth-order valence-electron chi connectivity index (χ4n) is 3.24. The third-order valence-electron chi connectivity index (χ3n) is 4.35. The second kappa shape index (κ2) is 5.37. The van der Waals surface area contributed by atoms with Gasteiger partial charge < -0.3 is 4.90 Å². The third kappa shape index (κ3) is 2.44. The first kappa shape index (κ1) is 13.9. The first-order valence-electron chi connectivity index (χ1n) is 7.44. The molecule has 4 nitrogen and oxygen atoms in total. The highest BCUT2D eigenvalue weighted by atomic mass is 32.2. The summed E-state index contributed by atoms with van der Waals surface area (Å²) >= 11 is 0. The Kier molecular flexibility index (Phi) is 3.73. The molecule has 1 saturated heterocycles. The van der Waals surface area contributed by atoms with E-state index in [0.717, 1.165) is 25.8 Å². The molecule has 0 saturated carbocycles. The molecule has 2 heterocycles. The van der Waals surface area contributed by atoms with Crippen molar-refractivity contribution in [2.45, 2.75) is 32.2 Å². The summed E-state index contributed by atoms with van der Waals surface area (Å²) in [6.07, 6.45) is 2.65. The van der Waals surface area contributed by atoms with Crippen LogP contribution in [0.3, 0.4) is 0 Å². The number of piperazine rings is 1. The molecule has 0 N–H and O–H groups in total. The van der Waals surface area contributed by atoms with E-state index >= 15 is 0 Å². The summed E-state index contributed by atoms with van der Waals surface area (Å²) in [4.78, 5) is 2.38. The van der Waals surface area contributed by atoms with Crippen LogP contribution < -0.4 is 4.90 Å². The smallest absolute Gasteiger partial charge is 0.214 e. The number of para-hydroxylation sites is 1. The Morgan fingerprint density at radius 3 is 2.85 bits per heavy atom. The van der Waals surface area contributed by atoms with Crippen molar-refractivity contribution in [1.82, 2.24) is 4.31 Å². The van der Waals surface area contributed by atoms with Gasteiger partial charge >= 0.3 is 0 Å². The van der Waals surface area contributed by atoms with Gasteiger partial charge in [0.1, 0.15) is 0 Å². The predicted molar refractivity (Wildman–Crippen MR) is 81.5 cm³/mol. The first-order valence-corrected chi connectivity index (χ1v) is 9.05. The summed E-state index contributed by atoms with van der Waals surface area (Å²) in [5.41, 5.74) is 2.65. The van der Waals surface area contributed by atoms with Crippen molar-refractivity contribution in [3.8, 4) is 0 Å². The second-order valence-corrected chi connectivity index (χ2v) is 7.80. The summed E-state index contributed by atoms with van der Waals surface area (Å²) in [5.74, 6) is 0.295.